The maximum Gasteiger partial charge on any atom is 0.221 e. The van der Waals surface area contributed by atoms with E-state index in [9.17, 15) is 4.79 Å². The molecule has 0 bridgehead atoms. The van der Waals surface area contributed by atoms with E-state index in [1.807, 2.05) is 7.05 Å². The summed E-state index contributed by atoms with van der Waals surface area (Å²) in [5.74, 6) is 0.714. The molecule has 1 amide bonds. The van der Waals surface area contributed by atoms with Crippen molar-refractivity contribution in [2.45, 2.75) is 32.4 Å². The van der Waals surface area contributed by atoms with Gasteiger partial charge in [0, 0.05) is 32.1 Å². The molecule has 2 unspecified atom stereocenters. The molecule has 4 nitrogen and oxygen atoms in total. The first-order chi connectivity index (χ1) is 10.2. The van der Waals surface area contributed by atoms with Gasteiger partial charge in [0.1, 0.15) is 0 Å². The van der Waals surface area contributed by atoms with Gasteiger partial charge in [-0.2, -0.15) is 0 Å². The predicted molar refractivity (Wildman–Crippen MR) is 86.0 cm³/mol. The highest BCUT2D eigenvalue weighted by Crippen LogP contribution is 2.21. The Morgan fingerprint density at radius 3 is 2.86 bits per heavy atom. The molecule has 1 aromatic rings. The van der Waals surface area contributed by atoms with Crippen LogP contribution in [0.3, 0.4) is 0 Å². The lowest BCUT2D eigenvalue weighted by Crippen LogP contribution is -2.40. The summed E-state index contributed by atoms with van der Waals surface area (Å²) in [6, 6.07) is 10.8. The van der Waals surface area contributed by atoms with Crippen LogP contribution in [-0.4, -0.2) is 43.5 Å². The number of nitrogens with one attached hydrogen (secondary N) is 2. The Labute approximate surface area is 127 Å². The van der Waals surface area contributed by atoms with Crippen molar-refractivity contribution in [1.82, 2.24) is 15.5 Å². The van der Waals surface area contributed by atoms with E-state index < -0.39 is 0 Å². The topological polar surface area (TPSA) is 44.4 Å². The van der Waals surface area contributed by atoms with Gasteiger partial charge in [0.15, 0.2) is 0 Å². The zero-order chi connectivity index (χ0) is 15.1. The molecule has 1 aliphatic rings. The van der Waals surface area contributed by atoms with E-state index in [1.54, 1.807) is 0 Å². The molecule has 1 saturated heterocycles. The first-order valence-corrected chi connectivity index (χ1v) is 7.89. The number of hydrogen-bond acceptors (Lipinski definition) is 3. The highest BCUT2D eigenvalue weighted by molar-refractivity contribution is 5.76. The molecule has 1 aliphatic heterocycles. The average Bonchev–Trinajstić information content (AvgIpc) is 2.95. The second-order valence-corrected chi connectivity index (χ2v) is 5.98. The Bertz CT molecular complexity index is 435. The molecule has 0 aliphatic carbocycles. The van der Waals surface area contributed by atoms with Crippen molar-refractivity contribution < 1.29 is 4.79 Å². The highest BCUT2D eigenvalue weighted by atomic mass is 16.1. The van der Waals surface area contributed by atoms with Gasteiger partial charge in [-0.3, -0.25) is 9.69 Å². The summed E-state index contributed by atoms with van der Waals surface area (Å²) in [7, 11) is 1.87. The van der Waals surface area contributed by atoms with Crippen molar-refractivity contribution in [2.24, 2.45) is 5.92 Å². The Morgan fingerprint density at radius 2 is 2.14 bits per heavy atom. The average molecular weight is 289 g/mol. The third-order valence-electron chi connectivity index (χ3n) is 4.26. The molecule has 4 heteroatoms. The van der Waals surface area contributed by atoms with Crippen molar-refractivity contribution in [2.75, 3.05) is 26.7 Å². The minimum Gasteiger partial charge on any atom is -0.353 e. The van der Waals surface area contributed by atoms with Gasteiger partial charge < -0.3 is 10.6 Å². The molecule has 0 radical (unpaired) electrons. The van der Waals surface area contributed by atoms with Gasteiger partial charge in [-0.25, -0.2) is 0 Å². The Balaban J connectivity index is 1.75. The molecule has 2 N–H and O–H groups in total. The first kappa shape index (κ1) is 16.0. The van der Waals surface area contributed by atoms with Gasteiger partial charge in [0.2, 0.25) is 5.91 Å². The molecule has 1 aromatic carbocycles. The van der Waals surface area contributed by atoms with Crippen LogP contribution in [0.15, 0.2) is 30.3 Å². The number of carbonyl (C=O) groups is 1. The number of rotatable bonds is 7. The summed E-state index contributed by atoms with van der Waals surface area (Å²) < 4.78 is 0. The third kappa shape index (κ3) is 5.14. The number of likely N-dealkylation sites (tertiary alicyclic amines) is 1. The lowest BCUT2D eigenvalue weighted by molar-refractivity contribution is -0.121. The van der Waals surface area contributed by atoms with Gasteiger partial charge in [-0.15, -0.1) is 0 Å². The van der Waals surface area contributed by atoms with E-state index in [0.29, 0.717) is 12.3 Å². The summed E-state index contributed by atoms with van der Waals surface area (Å²) in [6.45, 7) is 6.08. The normalized spacial score (nSPS) is 20.4. The van der Waals surface area contributed by atoms with Crippen LogP contribution in [0.1, 0.15) is 25.3 Å². The molecule has 2 rings (SSSR count). The van der Waals surface area contributed by atoms with Crippen LogP contribution < -0.4 is 10.6 Å². The molecule has 21 heavy (non-hydrogen) atoms. The maximum absolute atomic E-state index is 11.8. The zero-order valence-electron chi connectivity index (χ0n) is 13.1. The smallest absolute Gasteiger partial charge is 0.221 e. The zero-order valence-corrected chi connectivity index (χ0v) is 13.1. The van der Waals surface area contributed by atoms with Gasteiger partial charge in [-0.05, 0) is 38.4 Å². The number of nitrogens with zero attached hydrogens (tertiary/aromatic N) is 1. The molecule has 1 heterocycles. The van der Waals surface area contributed by atoms with Gasteiger partial charge in [-0.1, -0.05) is 30.3 Å². The third-order valence-corrected chi connectivity index (χ3v) is 4.26. The van der Waals surface area contributed by atoms with Crippen LogP contribution in [0.25, 0.3) is 0 Å². The van der Waals surface area contributed by atoms with Crippen molar-refractivity contribution in [3.05, 3.63) is 35.9 Å². The highest BCUT2D eigenvalue weighted by Gasteiger charge is 2.27. The van der Waals surface area contributed by atoms with Crippen LogP contribution in [0.5, 0.6) is 0 Å². The molecule has 116 valence electrons. The standard InChI is InChI=1S/C17H27N3O/c1-14(19-17(21)8-10-18-2)16-9-11-20(13-16)12-15-6-4-3-5-7-15/h3-7,14,16,18H,8-13H2,1-2H3,(H,19,21). The van der Waals surface area contributed by atoms with Crippen LogP contribution in [0, 0.1) is 5.92 Å². The summed E-state index contributed by atoms with van der Waals surface area (Å²) >= 11 is 0. The predicted octanol–water partition coefficient (Wildman–Crippen LogP) is 1.62. The Morgan fingerprint density at radius 1 is 1.38 bits per heavy atom. The van der Waals surface area contributed by atoms with E-state index in [1.165, 1.54) is 12.0 Å². The molecular formula is C17H27N3O. The fraction of sp³-hybridized carbons (Fsp3) is 0.588. The molecule has 0 saturated carbocycles. The molecule has 0 spiro atoms. The summed E-state index contributed by atoms with van der Waals surface area (Å²) in [5.41, 5.74) is 1.36. The van der Waals surface area contributed by atoms with Crippen LogP contribution in [0.4, 0.5) is 0 Å². The summed E-state index contributed by atoms with van der Waals surface area (Å²) in [4.78, 5) is 14.3. The monoisotopic (exact) mass is 289 g/mol. The van der Waals surface area contributed by atoms with Crippen LogP contribution in [0.2, 0.25) is 0 Å². The van der Waals surface area contributed by atoms with Gasteiger partial charge >= 0.3 is 0 Å². The number of amides is 1. The second-order valence-electron chi connectivity index (χ2n) is 5.98. The first-order valence-electron chi connectivity index (χ1n) is 7.89. The minimum absolute atomic E-state index is 0.151. The Kier molecular flexibility index (Phi) is 6.21. The van der Waals surface area contributed by atoms with Crippen molar-refractivity contribution in [1.29, 1.82) is 0 Å². The van der Waals surface area contributed by atoms with Gasteiger partial charge in [0.25, 0.3) is 0 Å². The van der Waals surface area contributed by atoms with E-state index >= 15 is 0 Å². The van der Waals surface area contributed by atoms with E-state index in [4.69, 9.17) is 0 Å². The quantitative estimate of drug-likeness (QED) is 0.802. The van der Waals surface area contributed by atoms with Crippen LogP contribution >= 0.6 is 0 Å². The van der Waals surface area contributed by atoms with Crippen molar-refractivity contribution >= 4 is 5.91 Å². The maximum atomic E-state index is 11.8. The summed E-state index contributed by atoms with van der Waals surface area (Å²) in [5, 5.41) is 6.14. The molecule has 0 aromatic heterocycles. The molecular weight excluding hydrogens is 262 g/mol. The Hall–Kier alpha value is -1.39. The fourth-order valence-electron chi connectivity index (χ4n) is 2.94. The fourth-order valence-corrected chi connectivity index (χ4v) is 2.94. The van der Waals surface area contributed by atoms with Crippen molar-refractivity contribution in [3.8, 4) is 0 Å². The number of benzene rings is 1. The molecule has 1 fully saturated rings. The number of carbonyl (C=O) groups excluding carboxylic acids is 1. The SMILES string of the molecule is CNCCC(=O)NC(C)C1CCN(Cc2ccccc2)C1. The largest absolute Gasteiger partial charge is 0.353 e. The van der Waals surface area contributed by atoms with E-state index in [-0.39, 0.29) is 11.9 Å². The minimum atomic E-state index is 0.151. The van der Waals surface area contributed by atoms with E-state index in [0.717, 1.165) is 26.2 Å². The van der Waals surface area contributed by atoms with Gasteiger partial charge in [0.05, 0.1) is 0 Å². The molecule has 2 atom stereocenters. The lowest BCUT2D eigenvalue weighted by atomic mass is 10.0. The lowest BCUT2D eigenvalue weighted by Gasteiger charge is -2.22. The summed E-state index contributed by atoms with van der Waals surface area (Å²) in [6.07, 6.45) is 1.72. The van der Waals surface area contributed by atoms with Crippen molar-refractivity contribution in [3.63, 3.8) is 0 Å². The second kappa shape index (κ2) is 8.15. The van der Waals surface area contributed by atoms with Crippen LogP contribution in [-0.2, 0) is 11.3 Å². The van der Waals surface area contributed by atoms with E-state index in [2.05, 4.69) is 52.8 Å². The number of hydrogen-bond donors (Lipinski definition) is 2.